The second-order valence-electron chi connectivity index (χ2n) is 3.21. The Labute approximate surface area is 55.4 Å². The van der Waals surface area contributed by atoms with Gasteiger partial charge in [0.25, 0.3) is 0 Å². The second kappa shape index (κ2) is 1.60. The van der Waals surface area contributed by atoms with Gasteiger partial charge in [0.15, 0.2) is 0 Å². The molecule has 0 unspecified atom stereocenters. The first kappa shape index (κ1) is 5.48. The zero-order valence-corrected chi connectivity index (χ0v) is 5.56. The van der Waals surface area contributed by atoms with E-state index in [1.807, 2.05) is 0 Å². The van der Waals surface area contributed by atoms with E-state index in [0.717, 1.165) is 0 Å². The minimum absolute atomic E-state index is 0.306. The topological polar surface area (TPSA) is 20.2 Å². The highest BCUT2D eigenvalue weighted by Gasteiger charge is 2.46. The lowest BCUT2D eigenvalue weighted by atomic mass is 9.99. The number of aliphatic hydroxyl groups is 1. The molecule has 1 heteroatoms. The van der Waals surface area contributed by atoms with Crippen molar-refractivity contribution < 1.29 is 5.11 Å². The predicted octanol–water partition coefficient (Wildman–Crippen LogP) is 1.48. The quantitative estimate of drug-likeness (QED) is 0.525. The molecule has 0 aromatic rings. The van der Waals surface area contributed by atoms with Gasteiger partial charge >= 0.3 is 0 Å². The van der Waals surface area contributed by atoms with Gasteiger partial charge in [-0.3, -0.25) is 0 Å². The normalized spacial score (nSPS) is 28.8. The summed E-state index contributed by atoms with van der Waals surface area (Å²) in [6.07, 6.45) is 7.39. The third kappa shape index (κ3) is 0.645. The van der Waals surface area contributed by atoms with Crippen molar-refractivity contribution in [1.29, 1.82) is 0 Å². The molecule has 1 spiro atoms. The van der Waals surface area contributed by atoms with Gasteiger partial charge in [-0.1, -0.05) is 6.08 Å². The molecular weight excluding hydrogens is 112 g/mol. The highest BCUT2D eigenvalue weighted by Crippen LogP contribution is 2.58. The van der Waals surface area contributed by atoms with Crippen LogP contribution in [-0.2, 0) is 0 Å². The molecule has 1 saturated carbocycles. The van der Waals surface area contributed by atoms with E-state index in [-0.39, 0.29) is 0 Å². The molecule has 0 radical (unpaired) electrons. The van der Waals surface area contributed by atoms with E-state index in [1.54, 1.807) is 0 Å². The van der Waals surface area contributed by atoms with Crippen LogP contribution < -0.4 is 0 Å². The summed E-state index contributed by atoms with van der Waals surface area (Å²) in [5.41, 5.74) is 1.84. The van der Waals surface area contributed by atoms with Crippen LogP contribution in [0.2, 0.25) is 0 Å². The standard InChI is InChI=1S/C8H12O/c9-6-7-2-1-3-8(7)4-5-8/h2,9H,1,3-6H2. The lowest BCUT2D eigenvalue weighted by molar-refractivity contribution is 0.312. The Morgan fingerprint density at radius 1 is 1.44 bits per heavy atom. The fraction of sp³-hybridized carbons (Fsp3) is 0.750. The molecule has 0 atom stereocenters. The number of hydrogen-bond donors (Lipinski definition) is 1. The summed E-state index contributed by atoms with van der Waals surface area (Å²) in [7, 11) is 0. The minimum Gasteiger partial charge on any atom is -0.392 e. The summed E-state index contributed by atoms with van der Waals surface area (Å²) in [6.45, 7) is 0.306. The van der Waals surface area contributed by atoms with Gasteiger partial charge in [0.2, 0.25) is 0 Å². The fourth-order valence-electron chi connectivity index (χ4n) is 1.85. The highest BCUT2D eigenvalue weighted by molar-refractivity contribution is 5.26. The average molecular weight is 124 g/mol. The van der Waals surface area contributed by atoms with Crippen molar-refractivity contribution in [3.63, 3.8) is 0 Å². The van der Waals surface area contributed by atoms with Crippen molar-refractivity contribution in [2.75, 3.05) is 6.61 Å². The molecule has 2 aliphatic rings. The fourth-order valence-corrected chi connectivity index (χ4v) is 1.85. The van der Waals surface area contributed by atoms with Crippen molar-refractivity contribution in [2.45, 2.75) is 25.7 Å². The van der Waals surface area contributed by atoms with Crippen molar-refractivity contribution >= 4 is 0 Å². The number of aliphatic hydroxyl groups excluding tert-OH is 1. The van der Waals surface area contributed by atoms with Gasteiger partial charge in [-0.05, 0) is 36.7 Å². The van der Waals surface area contributed by atoms with Crippen LogP contribution in [0.1, 0.15) is 25.7 Å². The molecule has 0 aliphatic heterocycles. The molecule has 2 aliphatic carbocycles. The molecular formula is C8H12O. The maximum absolute atomic E-state index is 8.87. The number of rotatable bonds is 1. The van der Waals surface area contributed by atoms with Crippen molar-refractivity contribution in [3.05, 3.63) is 11.6 Å². The first-order chi connectivity index (χ1) is 4.37. The van der Waals surface area contributed by atoms with Gasteiger partial charge in [0, 0.05) is 0 Å². The van der Waals surface area contributed by atoms with E-state index in [1.165, 1.54) is 31.3 Å². The zero-order chi connectivity index (χ0) is 6.32. The molecule has 0 bridgehead atoms. The second-order valence-corrected chi connectivity index (χ2v) is 3.21. The molecule has 1 nitrogen and oxygen atoms in total. The lowest BCUT2D eigenvalue weighted by Crippen LogP contribution is -2.01. The SMILES string of the molecule is OCC1=CCCC12CC2. The molecule has 1 N–H and O–H groups in total. The Kier molecular flexibility index (Phi) is 0.974. The molecule has 9 heavy (non-hydrogen) atoms. The smallest absolute Gasteiger partial charge is 0.0647 e. The Bertz CT molecular complexity index is 154. The highest BCUT2D eigenvalue weighted by atomic mass is 16.3. The molecule has 1 fully saturated rings. The molecule has 0 saturated heterocycles. The van der Waals surface area contributed by atoms with Crippen molar-refractivity contribution in [2.24, 2.45) is 5.41 Å². The third-order valence-electron chi connectivity index (χ3n) is 2.72. The van der Waals surface area contributed by atoms with Crippen molar-refractivity contribution in [1.82, 2.24) is 0 Å². The summed E-state index contributed by atoms with van der Waals surface area (Å²) in [5.74, 6) is 0. The van der Waals surface area contributed by atoms with Gasteiger partial charge in [0.1, 0.15) is 0 Å². The van der Waals surface area contributed by atoms with Crippen LogP contribution in [0.25, 0.3) is 0 Å². The number of allylic oxidation sites excluding steroid dienone is 1. The molecule has 0 heterocycles. The summed E-state index contributed by atoms with van der Waals surface area (Å²) < 4.78 is 0. The van der Waals surface area contributed by atoms with Gasteiger partial charge in [-0.2, -0.15) is 0 Å². The molecule has 2 rings (SSSR count). The largest absolute Gasteiger partial charge is 0.392 e. The summed E-state index contributed by atoms with van der Waals surface area (Å²) >= 11 is 0. The zero-order valence-electron chi connectivity index (χ0n) is 5.56. The Hall–Kier alpha value is -0.300. The Balaban J connectivity index is 2.18. The van der Waals surface area contributed by atoms with E-state index >= 15 is 0 Å². The van der Waals surface area contributed by atoms with Gasteiger partial charge < -0.3 is 5.11 Å². The van der Waals surface area contributed by atoms with E-state index < -0.39 is 0 Å². The maximum Gasteiger partial charge on any atom is 0.0647 e. The first-order valence-corrected chi connectivity index (χ1v) is 3.68. The molecule has 0 amide bonds. The third-order valence-corrected chi connectivity index (χ3v) is 2.72. The summed E-state index contributed by atoms with van der Waals surface area (Å²) in [4.78, 5) is 0. The molecule has 0 aromatic carbocycles. The summed E-state index contributed by atoms with van der Waals surface area (Å²) in [6, 6.07) is 0. The monoisotopic (exact) mass is 124 g/mol. The summed E-state index contributed by atoms with van der Waals surface area (Å²) in [5, 5.41) is 8.87. The van der Waals surface area contributed by atoms with Crippen LogP contribution in [0, 0.1) is 5.41 Å². The van der Waals surface area contributed by atoms with E-state index in [2.05, 4.69) is 6.08 Å². The van der Waals surface area contributed by atoms with Crippen LogP contribution in [0.15, 0.2) is 11.6 Å². The average Bonchev–Trinajstić information content (AvgIpc) is 2.45. The van der Waals surface area contributed by atoms with Crippen LogP contribution in [0.4, 0.5) is 0 Å². The van der Waals surface area contributed by atoms with E-state index in [9.17, 15) is 0 Å². The maximum atomic E-state index is 8.87. The molecule has 0 aromatic heterocycles. The predicted molar refractivity (Wildman–Crippen MR) is 36.1 cm³/mol. The van der Waals surface area contributed by atoms with Gasteiger partial charge in [0.05, 0.1) is 6.61 Å². The van der Waals surface area contributed by atoms with Gasteiger partial charge in [-0.25, -0.2) is 0 Å². The Morgan fingerprint density at radius 3 is 2.67 bits per heavy atom. The van der Waals surface area contributed by atoms with Crippen LogP contribution >= 0.6 is 0 Å². The van der Waals surface area contributed by atoms with E-state index in [4.69, 9.17) is 5.11 Å². The van der Waals surface area contributed by atoms with Gasteiger partial charge in [-0.15, -0.1) is 0 Å². The van der Waals surface area contributed by atoms with Crippen LogP contribution in [0.5, 0.6) is 0 Å². The lowest BCUT2D eigenvalue weighted by Gasteiger charge is -2.07. The Morgan fingerprint density at radius 2 is 2.22 bits per heavy atom. The van der Waals surface area contributed by atoms with E-state index in [0.29, 0.717) is 12.0 Å². The first-order valence-electron chi connectivity index (χ1n) is 3.68. The van der Waals surface area contributed by atoms with Crippen LogP contribution in [-0.4, -0.2) is 11.7 Å². The number of hydrogen-bond acceptors (Lipinski definition) is 1. The van der Waals surface area contributed by atoms with Crippen molar-refractivity contribution in [3.8, 4) is 0 Å². The minimum atomic E-state index is 0.306. The van der Waals surface area contributed by atoms with Crippen LogP contribution in [0.3, 0.4) is 0 Å². The molecule has 50 valence electrons.